The largest absolute Gasteiger partial charge is 0.372 e. The Bertz CT molecular complexity index is 513. The highest BCUT2D eigenvalue weighted by molar-refractivity contribution is 5.01. The summed E-state index contributed by atoms with van der Waals surface area (Å²) in [4.78, 5) is 0. The lowest BCUT2D eigenvalue weighted by Crippen LogP contribution is -2.46. The number of hydrogen-bond acceptors (Lipinski definition) is 6. The van der Waals surface area contributed by atoms with Gasteiger partial charge in [-0.3, -0.25) is 0 Å². The Morgan fingerprint density at radius 2 is 1.52 bits per heavy atom. The lowest BCUT2D eigenvalue weighted by atomic mass is 9.94. The van der Waals surface area contributed by atoms with Gasteiger partial charge in [-0.25, -0.2) is 0 Å². The Hall–Kier alpha value is -0.240. The van der Waals surface area contributed by atoms with Crippen molar-refractivity contribution in [1.82, 2.24) is 0 Å². The fraction of sp³-hybridized carbons (Fsp3) is 1.00. The van der Waals surface area contributed by atoms with E-state index in [0.717, 1.165) is 44.9 Å². The summed E-state index contributed by atoms with van der Waals surface area (Å²) in [7, 11) is 0. The van der Waals surface area contributed by atoms with Gasteiger partial charge in [0.2, 0.25) is 0 Å². The van der Waals surface area contributed by atoms with Crippen molar-refractivity contribution in [3.05, 3.63) is 0 Å². The highest BCUT2D eigenvalue weighted by Gasteiger charge is 2.61. The molecule has 5 fully saturated rings. The summed E-state index contributed by atoms with van der Waals surface area (Å²) < 4.78 is 38.0. The quantitative estimate of drug-likeness (QED) is 0.740. The summed E-state index contributed by atoms with van der Waals surface area (Å²) in [5.74, 6) is -0.852. The van der Waals surface area contributed by atoms with E-state index < -0.39 is 11.6 Å². The zero-order valence-corrected chi connectivity index (χ0v) is 16.5. The van der Waals surface area contributed by atoms with Gasteiger partial charge in [0.1, 0.15) is 24.4 Å². The number of rotatable bonds is 4. The molecule has 2 aliphatic carbocycles. The number of fused-ring (bicyclic) bond motifs is 1. The van der Waals surface area contributed by atoms with Gasteiger partial charge in [0.25, 0.3) is 0 Å². The van der Waals surface area contributed by atoms with E-state index in [0.29, 0.717) is 13.2 Å². The third-order valence-electron chi connectivity index (χ3n) is 6.88. The van der Waals surface area contributed by atoms with Crippen molar-refractivity contribution in [2.45, 2.75) is 120 Å². The molecule has 154 valence electrons. The van der Waals surface area contributed by atoms with Gasteiger partial charge < -0.3 is 28.4 Å². The van der Waals surface area contributed by atoms with Crippen LogP contribution in [0.15, 0.2) is 0 Å². The molecule has 5 aliphatic rings. The van der Waals surface area contributed by atoms with Crippen molar-refractivity contribution >= 4 is 0 Å². The fourth-order valence-electron chi connectivity index (χ4n) is 5.52. The van der Waals surface area contributed by atoms with E-state index >= 15 is 0 Å². The number of hydrogen-bond donors (Lipinski definition) is 0. The molecule has 0 amide bonds. The summed E-state index contributed by atoms with van der Waals surface area (Å²) in [6, 6.07) is 0. The van der Waals surface area contributed by atoms with Crippen LogP contribution < -0.4 is 0 Å². The van der Waals surface area contributed by atoms with Crippen LogP contribution in [-0.4, -0.2) is 55.5 Å². The van der Waals surface area contributed by atoms with E-state index in [1.165, 1.54) is 25.7 Å². The predicted molar refractivity (Wildman–Crippen MR) is 97.1 cm³/mol. The Balaban J connectivity index is 1.29. The van der Waals surface area contributed by atoms with Crippen molar-refractivity contribution in [3.63, 3.8) is 0 Å². The molecule has 3 aliphatic heterocycles. The summed E-state index contributed by atoms with van der Waals surface area (Å²) >= 11 is 0. The average molecular weight is 382 g/mol. The SMILES string of the molecule is CCCO[C@@H]1[C@H]([C@@H]2COC3(CCCCC3)O2)O[C@@H]2OC3(CCCCC3)O[C@@H]21. The maximum Gasteiger partial charge on any atom is 0.190 e. The van der Waals surface area contributed by atoms with Crippen LogP contribution in [0, 0.1) is 0 Å². The Kier molecular flexibility index (Phi) is 5.24. The minimum absolute atomic E-state index is 0.106. The smallest absolute Gasteiger partial charge is 0.190 e. The van der Waals surface area contributed by atoms with Gasteiger partial charge in [-0.2, -0.15) is 0 Å². The first-order valence-corrected chi connectivity index (χ1v) is 11.2. The topological polar surface area (TPSA) is 55.4 Å². The molecule has 3 heterocycles. The molecule has 0 N–H and O–H groups in total. The monoisotopic (exact) mass is 382 g/mol. The Labute approximate surface area is 162 Å². The first-order valence-electron chi connectivity index (χ1n) is 11.2. The summed E-state index contributed by atoms with van der Waals surface area (Å²) in [5, 5.41) is 0. The zero-order valence-electron chi connectivity index (χ0n) is 16.5. The molecule has 3 saturated heterocycles. The molecule has 6 heteroatoms. The van der Waals surface area contributed by atoms with E-state index in [2.05, 4.69) is 6.92 Å². The van der Waals surface area contributed by atoms with Crippen LogP contribution in [0.5, 0.6) is 0 Å². The summed E-state index contributed by atoms with van der Waals surface area (Å²) in [6.45, 7) is 3.40. The lowest BCUT2D eigenvalue weighted by Gasteiger charge is -2.35. The van der Waals surface area contributed by atoms with E-state index in [9.17, 15) is 0 Å². The summed E-state index contributed by atoms with van der Waals surface area (Å²) in [6.07, 6.45) is 11.1. The molecular weight excluding hydrogens is 348 g/mol. The maximum atomic E-state index is 6.48. The van der Waals surface area contributed by atoms with Gasteiger partial charge in [-0.1, -0.05) is 19.8 Å². The third-order valence-corrected chi connectivity index (χ3v) is 6.88. The van der Waals surface area contributed by atoms with Crippen molar-refractivity contribution in [2.75, 3.05) is 13.2 Å². The van der Waals surface area contributed by atoms with E-state index in [4.69, 9.17) is 28.4 Å². The molecule has 0 aromatic carbocycles. The molecule has 5 rings (SSSR count). The molecule has 2 spiro atoms. The van der Waals surface area contributed by atoms with Gasteiger partial charge in [0.15, 0.2) is 17.9 Å². The second-order valence-corrected chi connectivity index (χ2v) is 8.91. The molecule has 0 aromatic heterocycles. The lowest BCUT2D eigenvalue weighted by molar-refractivity contribution is -0.262. The minimum atomic E-state index is -0.454. The van der Waals surface area contributed by atoms with Crippen LogP contribution in [0.25, 0.3) is 0 Å². The summed E-state index contributed by atoms with van der Waals surface area (Å²) in [5.41, 5.74) is 0. The second-order valence-electron chi connectivity index (χ2n) is 8.91. The van der Waals surface area contributed by atoms with Gasteiger partial charge in [0, 0.05) is 32.3 Å². The van der Waals surface area contributed by atoms with Crippen LogP contribution in [0.3, 0.4) is 0 Å². The second kappa shape index (κ2) is 7.54. The average Bonchev–Trinajstić information content (AvgIpc) is 3.33. The molecule has 2 saturated carbocycles. The van der Waals surface area contributed by atoms with Crippen LogP contribution in [0.4, 0.5) is 0 Å². The van der Waals surface area contributed by atoms with Gasteiger partial charge >= 0.3 is 0 Å². The third kappa shape index (κ3) is 3.47. The van der Waals surface area contributed by atoms with Gasteiger partial charge in [-0.05, 0) is 32.1 Å². The Morgan fingerprint density at radius 1 is 0.815 bits per heavy atom. The number of ether oxygens (including phenoxy) is 6. The molecular formula is C21H34O6. The maximum absolute atomic E-state index is 6.48. The molecule has 0 aromatic rings. The molecule has 0 unspecified atom stereocenters. The Morgan fingerprint density at radius 3 is 2.22 bits per heavy atom. The molecule has 27 heavy (non-hydrogen) atoms. The molecule has 6 nitrogen and oxygen atoms in total. The highest BCUT2D eigenvalue weighted by Crippen LogP contribution is 2.48. The molecule has 5 atom stereocenters. The van der Waals surface area contributed by atoms with Gasteiger partial charge in [0.05, 0.1) is 6.61 Å². The van der Waals surface area contributed by atoms with Crippen molar-refractivity contribution in [1.29, 1.82) is 0 Å². The van der Waals surface area contributed by atoms with E-state index in [1.807, 2.05) is 0 Å². The van der Waals surface area contributed by atoms with Crippen molar-refractivity contribution in [2.24, 2.45) is 0 Å². The van der Waals surface area contributed by atoms with Crippen LogP contribution in [0.1, 0.15) is 77.6 Å². The van der Waals surface area contributed by atoms with Crippen LogP contribution in [-0.2, 0) is 28.4 Å². The van der Waals surface area contributed by atoms with E-state index in [-0.39, 0.29) is 30.7 Å². The molecule has 0 bridgehead atoms. The van der Waals surface area contributed by atoms with Crippen molar-refractivity contribution < 1.29 is 28.4 Å². The fourth-order valence-corrected chi connectivity index (χ4v) is 5.52. The first-order chi connectivity index (χ1) is 13.2. The van der Waals surface area contributed by atoms with Crippen molar-refractivity contribution in [3.8, 4) is 0 Å². The normalized spacial score (nSPS) is 42.8. The molecule has 0 radical (unpaired) electrons. The highest BCUT2D eigenvalue weighted by atomic mass is 16.9. The standard InChI is InChI=1S/C21H34O6/c1-2-13-22-17-16(15-14-23-20(25-15)9-5-3-6-10-20)24-19-18(17)26-21(27-19)11-7-4-8-12-21/h15-19H,2-14H2,1H3/t15-,16-,17+,18+,19+/m0/s1. The van der Waals surface area contributed by atoms with Crippen LogP contribution in [0.2, 0.25) is 0 Å². The first kappa shape index (κ1) is 18.8. The van der Waals surface area contributed by atoms with E-state index in [1.54, 1.807) is 0 Å². The van der Waals surface area contributed by atoms with Gasteiger partial charge in [-0.15, -0.1) is 0 Å². The predicted octanol–water partition coefficient (Wildman–Crippen LogP) is 3.66. The zero-order chi connectivity index (χ0) is 18.3. The van der Waals surface area contributed by atoms with Crippen LogP contribution >= 0.6 is 0 Å². The minimum Gasteiger partial charge on any atom is -0.372 e.